The molecular formula is C23H27F3N4O4S. The molecule has 1 aliphatic heterocycles. The molecule has 2 aromatic rings. The number of sulfonamides is 1. The Kier molecular flexibility index (Phi) is 5.86. The Balaban J connectivity index is 1.43. The van der Waals surface area contributed by atoms with Gasteiger partial charge >= 0.3 is 6.18 Å². The van der Waals surface area contributed by atoms with E-state index in [0.717, 1.165) is 23.8 Å². The maximum atomic E-state index is 13.4. The molecule has 190 valence electrons. The van der Waals surface area contributed by atoms with Gasteiger partial charge in [0, 0.05) is 13.0 Å². The van der Waals surface area contributed by atoms with E-state index in [0.29, 0.717) is 48.7 Å². The van der Waals surface area contributed by atoms with Crippen molar-refractivity contribution in [2.45, 2.75) is 63.3 Å². The molecule has 8 nitrogen and oxygen atoms in total. The van der Waals surface area contributed by atoms with E-state index < -0.39 is 28.3 Å². The van der Waals surface area contributed by atoms with Gasteiger partial charge in [-0.1, -0.05) is 18.9 Å². The molecule has 0 unspecified atom stereocenters. The first-order valence-electron chi connectivity index (χ1n) is 11.6. The minimum atomic E-state index is -4.42. The zero-order valence-electron chi connectivity index (χ0n) is 19.2. The van der Waals surface area contributed by atoms with Gasteiger partial charge in [-0.2, -0.15) is 18.3 Å². The Bertz CT molecular complexity index is 1270. The van der Waals surface area contributed by atoms with Crippen LogP contribution in [-0.2, 0) is 41.5 Å². The lowest BCUT2D eigenvalue weighted by atomic mass is 9.82. The fourth-order valence-electron chi connectivity index (χ4n) is 5.12. The van der Waals surface area contributed by atoms with Crippen molar-refractivity contribution in [2.24, 2.45) is 5.92 Å². The maximum Gasteiger partial charge on any atom is 0.422 e. The third-order valence-corrected chi connectivity index (χ3v) is 7.61. The normalized spacial score (nSPS) is 21.7. The van der Waals surface area contributed by atoms with Crippen molar-refractivity contribution in [3.8, 4) is 5.75 Å². The van der Waals surface area contributed by atoms with Gasteiger partial charge in [0.2, 0.25) is 10.0 Å². The van der Waals surface area contributed by atoms with Crippen molar-refractivity contribution in [2.75, 3.05) is 12.9 Å². The Morgan fingerprint density at radius 3 is 2.77 bits per heavy atom. The molecular weight excluding hydrogens is 485 g/mol. The molecule has 3 aliphatic rings. The molecule has 1 amide bonds. The minimum absolute atomic E-state index is 0.0251. The second-order valence-electron chi connectivity index (χ2n) is 9.75. The number of carbonyl (C=O) groups is 1. The molecule has 2 N–H and O–H groups in total. The predicted octanol–water partition coefficient (Wildman–Crippen LogP) is 2.80. The number of aromatic nitrogens is 2. The van der Waals surface area contributed by atoms with Gasteiger partial charge < -0.3 is 10.1 Å². The van der Waals surface area contributed by atoms with E-state index in [4.69, 9.17) is 9.84 Å². The van der Waals surface area contributed by atoms with Gasteiger partial charge in [-0.15, -0.1) is 0 Å². The highest BCUT2D eigenvalue weighted by atomic mass is 32.2. The molecule has 0 radical (unpaired) electrons. The highest BCUT2D eigenvalue weighted by Crippen LogP contribution is 2.44. The number of rotatable bonds is 8. The monoisotopic (exact) mass is 512 g/mol. The predicted molar refractivity (Wildman–Crippen MR) is 120 cm³/mol. The van der Waals surface area contributed by atoms with Crippen LogP contribution in [0.15, 0.2) is 18.2 Å². The Morgan fingerprint density at radius 2 is 2.09 bits per heavy atom. The first-order valence-corrected chi connectivity index (χ1v) is 13.5. The fourth-order valence-corrected chi connectivity index (χ4v) is 5.52. The molecule has 12 heteroatoms. The Hall–Kier alpha value is -2.60. The van der Waals surface area contributed by atoms with Crippen LogP contribution < -0.4 is 14.8 Å². The van der Waals surface area contributed by atoms with E-state index in [1.54, 1.807) is 16.8 Å². The number of alkyl halides is 3. The molecule has 1 aromatic carbocycles. The van der Waals surface area contributed by atoms with Crippen LogP contribution in [0.4, 0.5) is 13.2 Å². The molecule has 1 spiro atoms. The third kappa shape index (κ3) is 5.18. The summed E-state index contributed by atoms with van der Waals surface area (Å²) in [5.41, 5.74) is 2.53. The smallest absolute Gasteiger partial charge is 0.422 e. The van der Waals surface area contributed by atoms with Crippen molar-refractivity contribution in [1.29, 1.82) is 0 Å². The largest absolute Gasteiger partial charge is 0.484 e. The molecule has 1 saturated carbocycles. The molecule has 0 bridgehead atoms. The number of halogens is 3. The van der Waals surface area contributed by atoms with Crippen LogP contribution in [-0.4, -0.2) is 43.1 Å². The topological polar surface area (TPSA) is 102 Å². The number of nitrogens with one attached hydrogen (secondary N) is 2. The molecule has 2 aliphatic carbocycles. The molecule has 1 aromatic heterocycles. The molecule has 5 rings (SSSR count). The first kappa shape index (κ1) is 24.1. The van der Waals surface area contributed by atoms with Crippen molar-refractivity contribution in [1.82, 2.24) is 19.8 Å². The number of hydrogen-bond donors (Lipinski definition) is 2. The number of amides is 1. The van der Waals surface area contributed by atoms with Crippen LogP contribution >= 0.6 is 0 Å². The van der Waals surface area contributed by atoms with Crippen molar-refractivity contribution in [3.05, 3.63) is 46.3 Å². The van der Waals surface area contributed by atoms with E-state index in [-0.39, 0.29) is 18.2 Å². The average Bonchev–Trinajstić information content (AvgIpc) is 3.44. The summed E-state index contributed by atoms with van der Waals surface area (Å²) in [5, 5.41) is 7.86. The molecule has 0 saturated heterocycles. The van der Waals surface area contributed by atoms with Crippen LogP contribution in [0.1, 0.15) is 58.6 Å². The average molecular weight is 513 g/mol. The van der Waals surface area contributed by atoms with E-state index >= 15 is 0 Å². The van der Waals surface area contributed by atoms with Crippen LogP contribution in [0.5, 0.6) is 5.75 Å². The van der Waals surface area contributed by atoms with Gasteiger partial charge in [0.1, 0.15) is 5.75 Å². The van der Waals surface area contributed by atoms with Gasteiger partial charge in [0.15, 0.2) is 6.61 Å². The van der Waals surface area contributed by atoms with E-state index in [2.05, 4.69) is 10.0 Å². The molecule has 1 atom stereocenters. The van der Waals surface area contributed by atoms with Gasteiger partial charge in [-0.25, -0.2) is 13.1 Å². The number of benzene rings is 1. The van der Waals surface area contributed by atoms with Crippen molar-refractivity contribution >= 4 is 15.9 Å². The van der Waals surface area contributed by atoms with E-state index in [9.17, 15) is 26.4 Å². The molecule has 35 heavy (non-hydrogen) atoms. The quantitative estimate of drug-likeness (QED) is 0.567. The molecule has 1 fully saturated rings. The highest BCUT2D eigenvalue weighted by Gasteiger charge is 2.46. The number of ether oxygens (including phenoxy) is 1. The van der Waals surface area contributed by atoms with Crippen LogP contribution in [0.2, 0.25) is 0 Å². The summed E-state index contributed by atoms with van der Waals surface area (Å²) in [5.74, 6) is 0.460. The highest BCUT2D eigenvalue weighted by molar-refractivity contribution is 7.88. The second-order valence-corrected chi connectivity index (χ2v) is 11.6. The summed E-state index contributed by atoms with van der Waals surface area (Å²) in [6.45, 7) is -0.780. The lowest BCUT2D eigenvalue weighted by Crippen LogP contribution is -2.50. The standard InChI is InChI=1S/C23H27F3N4O4S/c1-35(32,33)27-12-19-20-18(29-30(19)9-7-14-2-3-14)11-22(28-21(20)31)8-6-15-10-16(4-5-17(15)22)34-13-23(24,25)26/h4-5,10,14,27H,2-3,6-9,11-13H2,1H3,(H,28,31)/t22-/m0/s1. The fraction of sp³-hybridized carbons (Fsp3) is 0.565. The number of nitrogens with zero attached hydrogens (tertiary/aromatic N) is 2. The summed E-state index contributed by atoms with van der Waals surface area (Å²) in [7, 11) is -3.47. The first-order chi connectivity index (χ1) is 16.4. The lowest BCUT2D eigenvalue weighted by molar-refractivity contribution is -0.153. The summed E-state index contributed by atoms with van der Waals surface area (Å²) < 4.78 is 70.1. The lowest BCUT2D eigenvalue weighted by Gasteiger charge is -2.35. The summed E-state index contributed by atoms with van der Waals surface area (Å²) in [6, 6.07) is 4.82. The van der Waals surface area contributed by atoms with Crippen molar-refractivity contribution < 1.29 is 31.1 Å². The zero-order chi connectivity index (χ0) is 25.0. The summed E-state index contributed by atoms with van der Waals surface area (Å²) in [4.78, 5) is 13.4. The van der Waals surface area contributed by atoms with Gasteiger partial charge in [0.05, 0.1) is 35.3 Å². The minimum Gasteiger partial charge on any atom is -0.484 e. The zero-order valence-corrected chi connectivity index (χ0v) is 20.1. The number of fused-ring (bicyclic) bond motifs is 3. The third-order valence-electron chi connectivity index (χ3n) is 6.94. The SMILES string of the molecule is CS(=O)(=O)NCc1c2c(nn1CCC1CC1)C[C@]1(CCc3cc(OCC(F)(F)F)ccc31)NC2=O. The number of aryl methyl sites for hydroxylation is 2. The summed E-state index contributed by atoms with van der Waals surface area (Å²) in [6.07, 6.45) is 1.51. The van der Waals surface area contributed by atoms with Crippen molar-refractivity contribution in [3.63, 3.8) is 0 Å². The Labute approximate surface area is 201 Å². The summed E-state index contributed by atoms with van der Waals surface area (Å²) >= 11 is 0. The molecule has 2 heterocycles. The van der Waals surface area contributed by atoms with Gasteiger partial charge in [0.25, 0.3) is 5.91 Å². The second kappa shape index (κ2) is 8.51. The Morgan fingerprint density at radius 1 is 1.31 bits per heavy atom. The van der Waals surface area contributed by atoms with E-state index in [1.165, 1.54) is 18.9 Å². The van der Waals surface area contributed by atoms with Crippen LogP contribution in [0, 0.1) is 5.92 Å². The van der Waals surface area contributed by atoms with E-state index in [1.807, 2.05) is 0 Å². The van der Waals surface area contributed by atoms with Crippen LogP contribution in [0.3, 0.4) is 0 Å². The van der Waals surface area contributed by atoms with Gasteiger partial charge in [-0.05, 0) is 48.4 Å². The van der Waals surface area contributed by atoms with Crippen LogP contribution in [0.25, 0.3) is 0 Å². The number of hydrogen-bond acceptors (Lipinski definition) is 5. The number of carbonyl (C=O) groups excluding carboxylic acids is 1. The van der Waals surface area contributed by atoms with Gasteiger partial charge in [-0.3, -0.25) is 9.48 Å². The maximum absolute atomic E-state index is 13.4.